The summed E-state index contributed by atoms with van der Waals surface area (Å²) in [7, 11) is 0. The molecule has 0 radical (unpaired) electrons. The number of allylic oxidation sites excluding steroid dienone is 1. The minimum Gasteiger partial charge on any atom is -0.393 e. The van der Waals surface area contributed by atoms with Crippen LogP contribution >= 0.6 is 0 Å². The molecule has 186 valence electrons. The molecule has 7 atom stereocenters. The second-order valence-corrected chi connectivity index (χ2v) is 11.7. The van der Waals surface area contributed by atoms with E-state index in [-0.39, 0.29) is 29.0 Å². The Bertz CT molecular complexity index is 1220. The molecule has 0 bridgehead atoms. The van der Waals surface area contributed by atoms with Gasteiger partial charge in [0.1, 0.15) is 18.0 Å². The quantitative estimate of drug-likeness (QED) is 0.626. The minimum atomic E-state index is -1.58. The zero-order chi connectivity index (χ0) is 24.8. The number of halogens is 1. The zero-order valence-electron chi connectivity index (χ0n) is 20.2. The number of carbonyl (C=O) groups is 1. The summed E-state index contributed by atoms with van der Waals surface area (Å²) in [5, 5.41) is 37.3. The van der Waals surface area contributed by atoms with Crippen LogP contribution in [0.15, 0.2) is 36.0 Å². The molecule has 3 saturated carbocycles. The smallest absolute Gasteiger partial charge is 0.190 e. The Kier molecular flexibility index (Phi) is 4.99. The van der Waals surface area contributed by atoms with Crippen molar-refractivity contribution in [3.05, 3.63) is 53.1 Å². The molecule has 2 aromatic rings. The SMILES string of the molecule is C[C@]12Cc3cn(-c4ccc(F)cc4)nc3C=C1CC[C@@H]1[C@@H]2[C@@H](O)C[C@@]2(C)[C@H]1CC[C@]2(O)C(=O)CO. The fraction of sp³-hybridized carbons (Fsp3) is 0.571. The number of benzene rings is 1. The number of nitrogens with zero attached hydrogens (tertiary/aromatic N) is 2. The number of fused-ring (bicyclic) bond motifs is 6. The van der Waals surface area contributed by atoms with Gasteiger partial charge in [0.05, 0.1) is 17.5 Å². The molecule has 3 N–H and O–H groups in total. The van der Waals surface area contributed by atoms with E-state index in [4.69, 9.17) is 5.10 Å². The largest absolute Gasteiger partial charge is 0.393 e. The van der Waals surface area contributed by atoms with Crippen LogP contribution in [0.25, 0.3) is 11.8 Å². The van der Waals surface area contributed by atoms with E-state index in [1.54, 1.807) is 16.8 Å². The number of aromatic nitrogens is 2. The van der Waals surface area contributed by atoms with Gasteiger partial charge in [-0.2, -0.15) is 5.10 Å². The molecule has 1 aromatic heterocycles. The third-order valence-corrected chi connectivity index (χ3v) is 10.2. The normalized spacial score (nSPS) is 39.8. The summed E-state index contributed by atoms with van der Waals surface area (Å²) in [6.07, 6.45) is 7.52. The van der Waals surface area contributed by atoms with Crippen LogP contribution in [0.5, 0.6) is 0 Å². The van der Waals surface area contributed by atoms with Crippen LogP contribution < -0.4 is 0 Å². The Morgan fingerprint density at radius 1 is 1.23 bits per heavy atom. The molecular weight excluding hydrogens is 447 g/mol. The van der Waals surface area contributed by atoms with Crippen molar-refractivity contribution in [3.8, 4) is 5.69 Å². The van der Waals surface area contributed by atoms with Crippen molar-refractivity contribution in [3.63, 3.8) is 0 Å². The van der Waals surface area contributed by atoms with E-state index in [0.29, 0.717) is 12.8 Å². The summed E-state index contributed by atoms with van der Waals surface area (Å²) in [6, 6.07) is 6.29. The van der Waals surface area contributed by atoms with Gasteiger partial charge in [-0.05, 0) is 97.6 Å². The molecule has 6 nitrogen and oxygen atoms in total. The van der Waals surface area contributed by atoms with Crippen molar-refractivity contribution >= 4 is 11.9 Å². The van der Waals surface area contributed by atoms with E-state index in [1.165, 1.54) is 17.7 Å². The van der Waals surface area contributed by atoms with Gasteiger partial charge in [-0.25, -0.2) is 9.07 Å². The highest BCUT2D eigenvalue weighted by Crippen LogP contribution is 2.67. The fourth-order valence-corrected chi connectivity index (χ4v) is 8.50. The summed E-state index contributed by atoms with van der Waals surface area (Å²) < 4.78 is 15.2. The summed E-state index contributed by atoms with van der Waals surface area (Å²) in [4.78, 5) is 12.6. The van der Waals surface area contributed by atoms with E-state index in [2.05, 4.69) is 13.0 Å². The molecule has 0 unspecified atom stereocenters. The van der Waals surface area contributed by atoms with Gasteiger partial charge in [0.25, 0.3) is 0 Å². The number of carbonyl (C=O) groups excluding carboxylic acids is 1. The van der Waals surface area contributed by atoms with Gasteiger partial charge in [0.2, 0.25) is 0 Å². The Balaban J connectivity index is 1.35. The number of hydrogen-bond acceptors (Lipinski definition) is 5. The molecule has 1 heterocycles. The maximum absolute atomic E-state index is 13.4. The molecule has 3 fully saturated rings. The number of Topliss-reactive ketones (excluding diaryl/α,β-unsaturated/α-hetero) is 1. The number of hydrogen-bond donors (Lipinski definition) is 3. The first-order valence-corrected chi connectivity index (χ1v) is 12.7. The van der Waals surface area contributed by atoms with Crippen LogP contribution in [-0.2, 0) is 11.2 Å². The summed E-state index contributed by atoms with van der Waals surface area (Å²) in [6.45, 7) is 3.52. The number of aliphatic hydroxyl groups is 3. The van der Waals surface area contributed by atoms with Gasteiger partial charge in [-0.3, -0.25) is 4.79 Å². The zero-order valence-corrected chi connectivity index (χ0v) is 20.2. The molecular formula is C28H33FN2O4. The van der Waals surface area contributed by atoms with Gasteiger partial charge >= 0.3 is 0 Å². The van der Waals surface area contributed by atoms with E-state index in [9.17, 15) is 24.5 Å². The topological polar surface area (TPSA) is 95.6 Å². The van der Waals surface area contributed by atoms with Crippen molar-refractivity contribution in [2.45, 2.75) is 64.1 Å². The maximum Gasteiger partial charge on any atom is 0.190 e. The number of ketones is 1. The first-order chi connectivity index (χ1) is 16.6. The molecule has 1 aromatic carbocycles. The molecule has 0 amide bonds. The van der Waals surface area contributed by atoms with Gasteiger partial charge < -0.3 is 15.3 Å². The van der Waals surface area contributed by atoms with Crippen LogP contribution in [0.1, 0.15) is 57.2 Å². The van der Waals surface area contributed by atoms with Crippen molar-refractivity contribution in [1.29, 1.82) is 0 Å². The molecule has 7 heteroatoms. The lowest BCUT2D eigenvalue weighted by atomic mass is 9.45. The third-order valence-electron chi connectivity index (χ3n) is 10.2. The first kappa shape index (κ1) is 23.1. The Morgan fingerprint density at radius 3 is 2.69 bits per heavy atom. The average molecular weight is 481 g/mol. The van der Waals surface area contributed by atoms with Gasteiger partial charge in [0.15, 0.2) is 5.78 Å². The Hall–Kier alpha value is -2.35. The number of aliphatic hydroxyl groups excluding tert-OH is 2. The van der Waals surface area contributed by atoms with E-state index < -0.39 is 29.5 Å². The van der Waals surface area contributed by atoms with E-state index >= 15 is 0 Å². The van der Waals surface area contributed by atoms with Crippen molar-refractivity contribution < 1.29 is 24.5 Å². The maximum atomic E-state index is 13.4. The highest BCUT2D eigenvalue weighted by molar-refractivity contribution is 5.89. The first-order valence-electron chi connectivity index (χ1n) is 12.7. The predicted octanol–water partition coefficient (Wildman–Crippen LogP) is 3.46. The molecule has 0 spiro atoms. The molecule has 6 rings (SSSR count). The lowest BCUT2D eigenvalue weighted by Crippen LogP contribution is -2.62. The fourth-order valence-electron chi connectivity index (χ4n) is 8.50. The van der Waals surface area contributed by atoms with Crippen LogP contribution in [0, 0.1) is 34.4 Å². The predicted molar refractivity (Wildman–Crippen MR) is 128 cm³/mol. The monoisotopic (exact) mass is 480 g/mol. The summed E-state index contributed by atoms with van der Waals surface area (Å²) in [5.41, 5.74) is 1.59. The van der Waals surface area contributed by atoms with Crippen LogP contribution in [0.2, 0.25) is 0 Å². The standard InChI is InChI=1S/C28H33FN2O4/c1-26-12-16-14-31(19-6-4-18(29)5-7-19)30-22(16)11-17(26)3-8-20-21-9-10-28(35,24(34)15-32)27(21,2)13-23(33)25(20)26/h4-7,11,14,20-21,23,25,32-33,35H,3,8-10,12-13,15H2,1-2H3/t20-,21-,23-,25+,26-,27-,28-/m0/s1. The summed E-state index contributed by atoms with van der Waals surface area (Å²) in [5.74, 6) is -0.464. The van der Waals surface area contributed by atoms with Crippen molar-refractivity contribution in [2.75, 3.05) is 6.61 Å². The van der Waals surface area contributed by atoms with Crippen LogP contribution in [-0.4, -0.2) is 49.2 Å². The third kappa shape index (κ3) is 3.04. The van der Waals surface area contributed by atoms with Crippen molar-refractivity contribution in [2.24, 2.45) is 28.6 Å². The molecule has 4 aliphatic rings. The lowest BCUT2D eigenvalue weighted by Gasteiger charge is -2.60. The van der Waals surface area contributed by atoms with E-state index in [0.717, 1.165) is 42.6 Å². The van der Waals surface area contributed by atoms with Crippen LogP contribution in [0.3, 0.4) is 0 Å². The molecule has 35 heavy (non-hydrogen) atoms. The summed E-state index contributed by atoms with van der Waals surface area (Å²) >= 11 is 0. The van der Waals surface area contributed by atoms with Gasteiger partial charge in [0, 0.05) is 11.6 Å². The van der Waals surface area contributed by atoms with Gasteiger partial charge in [-0.15, -0.1) is 0 Å². The second kappa shape index (κ2) is 7.58. The molecule has 0 aliphatic heterocycles. The Morgan fingerprint density at radius 2 is 1.97 bits per heavy atom. The van der Waals surface area contributed by atoms with Crippen molar-refractivity contribution in [1.82, 2.24) is 9.78 Å². The van der Waals surface area contributed by atoms with Gasteiger partial charge in [-0.1, -0.05) is 19.4 Å². The minimum absolute atomic E-state index is 0.0227. The van der Waals surface area contributed by atoms with E-state index in [1.807, 2.05) is 13.1 Å². The highest BCUT2D eigenvalue weighted by atomic mass is 19.1. The van der Waals surface area contributed by atoms with Crippen LogP contribution in [0.4, 0.5) is 4.39 Å². The average Bonchev–Trinajstić information content (AvgIpc) is 3.34. The number of rotatable bonds is 3. The molecule has 0 saturated heterocycles. The highest BCUT2D eigenvalue weighted by Gasteiger charge is 2.68. The molecule has 4 aliphatic carbocycles. The lowest BCUT2D eigenvalue weighted by molar-refractivity contribution is -0.181. The second-order valence-electron chi connectivity index (χ2n) is 11.7. The Labute approximate surface area is 204 Å².